The molecule has 3 heteroatoms. The maximum Gasteiger partial charge on any atom is 0.222 e. The molecule has 0 radical (unpaired) electrons. The summed E-state index contributed by atoms with van der Waals surface area (Å²) in [5.41, 5.74) is 6.67. The van der Waals surface area contributed by atoms with Crippen LogP contribution in [-0.2, 0) is 0 Å². The van der Waals surface area contributed by atoms with Gasteiger partial charge in [0, 0.05) is 11.6 Å². The monoisotopic (exact) mass is 326 g/mol. The van der Waals surface area contributed by atoms with E-state index in [1.165, 1.54) is 5.56 Å². The van der Waals surface area contributed by atoms with Crippen molar-refractivity contribution in [3.05, 3.63) is 46.1 Å². The Balaban J connectivity index is 2.32. The lowest BCUT2D eigenvalue weighted by Gasteiger charge is -2.20. The first-order chi connectivity index (χ1) is 11.3. The highest BCUT2D eigenvalue weighted by Crippen LogP contribution is 2.32. The van der Waals surface area contributed by atoms with E-state index in [0.717, 1.165) is 46.7 Å². The number of nitrogens with one attached hydrogen (secondary N) is 1. The van der Waals surface area contributed by atoms with Gasteiger partial charge in [0.1, 0.15) is 5.75 Å². The second kappa shape index (κ2) is 7.69. The van der Waals surface area contributed by atoms with E-state index in [9.17, 15) is 0 Å². The van der Waals surface area contributed by atoms with E-state index < -0.39 is 0 Å². The van der Waals surface area contributed by atoms with Gasteiger partial charge in [-0.15, -0.1) is 0 Å². The third kappa shape index (κ3) is 4.08. The van der Waals surface area contributed by atoms with Crippen molar-refractivity contribution < 1.29 is 4.74 Å². The molecule has 0 saturated heterocycles. The Kier molecular flexibility index (Phi) is 5.87. The maximum atomic E-state index is 6.18. The lowest BCUT2D eigenvalue weighted by molar-refractivity contribution is 0.451. The summed E-state index contributed by atoms with van der Waals surface area (Å²) in [6.07, 6.45) is 2.21. The molecule has 1 aromatic carbocycles. The Hall–Kier alpha value is -2.03. The fourth-order valence-electron chi connectivity index (χ4n) is 3.07. The van der Waals surface area contributed by atoms with E-state index in [1.54, 1.807) is 0 Å². The van der Waals surface area contributed by atoms with Crippen molar-refractivity contribution >= 4 is 5.69 Å². The van der Waals surface area contributed by atoms with Gasteiger partial charge in [-0.05, 0) is 64.7 Å². The summed E-state index contributed by atoms with van der Waals surface area (Å²) >= 11 is 0. The third-order valence-electron chi connectivity index (χ3n) is 4.51. The van der Waals surface area contributed by atoms with Gasteiger partial charge >= 0.3 is 0 Å². The van der Waals surface area contributed by atoms with Crippen LogP contribution in [0.15, 0.2) is 18.2 Å². The van der Waals surface area contributed by atoms with Crippen LogP contribution in [0.4, 0.5) is 5.69 Å². The fourth-order valence-corrected chi connectivity index (χ4v) is 3.07. The van der Waals surface area contributed by atoms with Crippen LogP contribution in [0, 0.1) is 34.6 Å². The van der Waals surface area contributed by atoms with Gasteiger partial charge in [0.2, 0.25) is 5.88 Å². The summed E-state index contributed by atoms with van der Waals surface area (Å²) in [4.78, 5) is 4.71. The number of nitrogens with zero attached hydrogens (tertiary/aromatic N) is 1. The summed E-state index contributed by atoms with van der Waals surface area (Å²) in [6, 6.07) is 6.92. The summed E-state index contributed by atoms with van der Waals surface area (Å²) in [6.45, 7) is 14.8. The average Bonchev–Trinajstić information content (AvgIpc) is 2.52. The molecular formula is C21H30N2O. The normalized spacial score (nSPS) is 11.0. The number of aryl methyl sites for hydroxylation is 5. The van der Waals surface area contributed by atoms with E-state index >= 15 is 0 Å². The molecule has 2 rings (SSSR count). The Morgan fingerprint density at radius 2 is 1.50 bits per heavy atom. The van der Waals surface area contributed by atoms with Gasteiger partial charge in [-0.1, -0.05) is 31.5 Å². The molecule has 0 aliphatic heterocycles. The van der Waals surface area contributed by atoms with Crippen LogP contribution < -0.4 is 10.1 Å². The zero-order valence-corrected chi connectivity index (χ0v) is 16.1. The number of pyridine rings is 1. The smallest absolute Gasteiger partial charge is 0.222 e. The first kappa shape index (κ1) is 18.3. The van der Waals surface area contributed by atoms with Crippen molar-refractivity contribution in [3.63, 3.8) is 0 Å². The van der Waals surface area contributed by atoms with Crippen molar-refractivity contribution in [2.75, 3.05) is 5.32 Å². The maximum absolute atomic E-state index is 6.18. The second-order valence-electron chi connectivity index (χ2n) is 6.73. The summed E-state index contributed by atoms with van der Waals surface area (Å²) in [5, 5.41) is 3.59. The van der Waals surface area contributed by atoms with Crippen molar-refractivity contribution in [2.45, 2.75) is 67.3 Å². The number of aromatic nitrogens is 1. The van der Waals surface area contributed by atoms with E-state index in [-0.39, 0.29) is 0 Å². The number of hydrogen-bond acceptors (Lipinski definition) is 3. The van der Waals surface area contributed by atoms with Crippen LogP contribution >= 0.6 is 0 Å². The molecule has 0 unspecified atom stereocenters. The van der Waals surface area contributed by atoms with Crippen LogP contribution in [-0.4, -0.2) is 11.0 Å². The third-order valence-corrected chi connectivity index (χ3v) is 4.51. The van der Waals surface area contributed by atoms with Crippen LogP contribution in [0.5, 0.6) is 11.6 Å². The lowest BCUT2D eigenvalue weighted by Crippen LogP contribution is -2.18. The minimum atomic E-state index is 0.484. The van der Waals surface area contributed by atoms with Crippen molar-refractivity contribution in [1.29, 1.82) is 0 Å². The van der Waals surface area contributed by atoms with Gasteiger partial charge < -0.3 is 10.1 Å². The molecule has 1 N–H and O–H groups in total. The van der Waals surface area contributed by atoms with E-state index in [1.807, 2.05) is 6.92 Å². The lowest BCUT2D eigenvalue weighted by atomic mass is 10.1. The van der Waals surface area contributed by atoms with Crippen LogP contribution in [0.1, 0.15) is 54.6 Å². The van der Waals surface area contributed by atoms with Gasteiger partial charge in [0.05, 0.1) is 11.4 Å². The van der Waals surface area contributed by atoms with Crippen LogP contribution in [0.3, 0.4) is 0 Å². The average molecular weight is 326 g/mol. The van der Waals surface area contributed by atoms with Gasteiger partial charge in [-0.3, -0.25) is 0 Å². The SMILES string of the molecule is CCC(CC)Nc1cc(C)c(Oc2c(C)cc(C)cc2C)nc1C. The molecule has 0 aliphatic carbocycles. The highest BCUT2D eigenvalue weighted by Gasteiger charge is 2.13. The predicted octanol–water partition coefficient (Wildman–Crippen LogP) is 6.02. The number of rotatable bonds is 6. The molecule has 0 aliphatic rings. The van der Waals surface area contributed by atoms with E-state index in [0.29, 0.717) is 11.9 Å². The zero-order valence-electron chi connectivity index (χ0n) is 16.1. The summed E-state index contributed by atoms with van der Waals surface area (Å²) in [7, 11) is 0. The van der Waals surface area contributed by atoms with Crippen molar-refractivity contribution in [1.82, 2.24) is 4.98 Å². The van der Waals surface area contributed by atoms with Gasteiger partial charge in [-0.2, -0.15) is 0 Å². The molecule has 0 fully saturated rings. The molecule has 0 saturated carbocycles. The minimum Gasteiger partial charge on any atom is -0.438 e. The van der Waals surface area contributed by atoms with Gasteiger partial charge in [0.25, 0.3) is 0 Å². The summed E-state index contributed by atoms with van der Waals surface area (Å²) in [5.74, 6) is 1.61. The molecule has 24 heavy (non-hydrogen) atoms. The van der Waals surface area contributed by atoms with E-state index in [2.05, 4.69) is 65.1 Å². The first-order valence-corrected chi connectivity index (χ1v) is 8.86. The molecule has 0 atom stereocenters. The van der Waals surface area contributed by atoms with Crippen molar-refractivity contribution in [3.8, 4) is 11.6 Å². The number of hydrogen-bond donors (Lipinski definition) is 1. The van der Waals surface area contributed by atoms with Gasteiger partial charge in [-0.25, -0.2) is 4.98 Å². The van der Waals surface area contributed by atoms with Crippen LogP contribution in [0.25, 0.3) is 0 Å². The first-order valence-electron chi connectivity index (χ1n) is 8.86. The molecule has 130 valence electrons. The number of benzene rings is 1. The number of anilines is 1. The standard InChI is InChI=1S/C21H30N2O/c1-8-18(9-2)23-19-12-16(6)21(22-17(19)7)24-20-14(4)10-13(3)11-15(20)5/h10-12,18,23H,8-9H2,1-7H3. The molecular weight excluding hydrogens is 296 g/mol. The van der Waals surface area contributed by atoms with Crippen molar-refractivity contribution in [2.24, 2.45) is 0 Å². The highest BCUT2D eigenvalue weighted by molar-refractivity contribution is 5.54. The quantitative estimate of drug-likeness (QED) is 0.705. The van der Waals surface area contributed by atoms with Crippen LogP contribution in [0.2, 0.25) is 0 Å². The molecule has 0 amide bonds. The highest BCUT2D eigenvalue weighted by atomic mass is 16.5. The minimum absolute atomic E-state index is 0.484. The Morgan fingerprint density at radius 1 is 0.917 bits per heavy atom. The molecule has 2 aromatic rings. The Bertz CT molecular complexity index is 695. The molecule has 1 aromatic heterocycles. The topological polar surface area (TPSA) is 34.1 Å². The zero-order chi connectivity index (χ0) is 17.9. The molecule has 0 bridgehead atoms. The Morgan fingerprint density at radius 3 is 2.04 bits per heavy atom. The second-order valence-corrected chi connectivity index (χ2v) is 6.73. The molecule has 1 heterocycles. The fraction of sp³-hybridized carbons (Fsp3) is 0.476. The van der Waals surface area contributed by atoms with E-state index in [4.69, 9.17) is 9.72 Å². The molecule has 3 nitrogen and oxygen atoms in total. The summed E-state index contributed by atoms with van der Waals surface area (Å²) < 4.78 is 6.18. The number of ether oxygens (including phenoxy) is 1. The van der Waals surface area contributed by atoms with Gasteiger partial charge in [0.15, 0.2) is 0 Å². The predicted molar refractivity (Wildman–Crippen MR) is 102 cm³/mol. The largest absolute Gasteiger partial charge is 0.438 e. The molecule has 0 spiro atoms. The Labute approximate surface area is 146 Å².